The Morgan fingerprint density at radius 1 is 1.18 bits per heavy atom. The fourth-order valence-corrected chi connectivity index (χ4v) is 3.94. The van der Waals surface area contributed by atoms with Crippen molar-refractivity contribution in [3.8, 4) is 11.8 Å². The number of hydrogen-bond acceptors (Lipinski definition) is 7. The minimum Gasteiger partial charge on any atom is -0.424 e. The number of nitrogens with zero attached hydrogens (tertiary/aromatic N) is 3. The maximum atomic E-state index is 12.8. The van der Waals surface area contributed by atoms with Gasteiger partial charge in [0.1, 0.15) is 11.8 Å². The molecule has 3 rings (SSSR count). The third-order valence-electron chi connectivity index (χ3n) is 3.86. The molecule has 1 unspecified atom stereocenters. The number of ether oxygens (including phenoxy) is 1. The number of urea groups is 1. The number of likely N-dealkylation sites (N-methyl/N-ethyl adjacent to an activating group) is 1. The predicted molar refractivity (Wildman–Crippen MR) is 93.4 cm³/mol. The van der Waals surface area contributed by atoms with Crippen molar-refractivity contribution in [2.75, 3.05) is 13.1 Å². The Morgan fingerprint density at radius 2 is 1.82 bits per heavy atom. The maximum absolute atomic E-state index is 12.8. The van der Waals surface area contributed by atoms with Crippen LogP contribution >= 0.6 is 0 Å². The summed E-state index contributed by atoms with van der Waals surface area (Å²) in [6.07, 6.45) is 1.89. The molecule has 148 valence electrons. The number of amides is 3. The zero-order valence-corrected chi connectivity index (χ0v) is 15.4. The van der Waals surface area contributed by atoms with Crippen LogP contribution in [0.1, 0.15) is 6.92 Å². The lowest BCUT2D eigenvalue weighted by molar-refractivity contribution is -0.120. The molecule has 3 amide bonds. The van der Waals surface area contributed by atoms with E-state index in [1.54, 1.807) is 6.92 Å². The number of halogens is 1. The van der Waals surface area contributed by atoms with Crippen LogP contribution in [-0.2, 0) is 14.8 Å². The van der Waals surface area contributed by atoms with Crippen molar-refractivity contribution in [3.63, 3.8) is 0 Å². The number of rotatable bonds is 7. The van der Waals surface area contributed by atoms with Gasteiger partial charge in [-0.1, -0.05) is 6.92 Å². The number of nitrogens with one attached hydrogen (secondary N) is 2. The summed E-state index contributed by atoms with van der Waals surface area (Å²) in [5.41, 5.74) is 0. The lowest BCUT2D eigenvalue weighted by atomic mass is 10.3. The van der Waals surface area contributed by atoms with E-state index in [1.807, 2.05) is 0 Å². The molecule has 1 atom stereocenters. The highest BCUT2D eigenvalue weighted by atomic mass is 32.2. The van der Waals surface area contributed by atoms with Gasteiger partial charge in [-0.05, 0) is 24.3 Å². The second-order valence-electron chi connectivity index (χ2n) is 5.73. The molecule has 0 saturated carbocycles. The molecule has 0 aliphatic carbocycles. The van der Waals surface area contributed by atoms with E-state index in [-0.39, 0.29) is 29.7 Å². The van der Waals surface area contributed by atoms with E-state index in [9.17, 15) is 22.4 Å². The van der Waals surface area contributed by atoms with E-state index < -0.39 is 33.8 Å². The second kappa shape index (κ2) is 7.86. The third-order valence-corrected chi connectivity index (χ3v) is 5.82. The highest BCUT2D eigenvalue weighted by Gasteiger charge is 2.34. The van der Waals surface area contributed by atoms with Crippen molar-refractivity contribution in [1.29, 1.82) is 0 Å². The largest absolute Gasteiger partial charge is 0.424 e. The average Bonchev–Trinajstić information content (AvgIpc) is 2.99. The highest BCUT2D eigenvalue weighted by molar-refractivity contribution is 7.89. The fraction of sp³-hybridized carbons (Fsp3) is 0.250. The first kappa shape index (κ1) is 19.6. The SMILES string of the molecule is CCN(CC1NC(=O)NC1=O)S(=O)(=O)c1ccc(Oc2ncc(F)cn2)cc1. The maximum Gasteiger partial charge on any atom is 0.322 e. The van der Waals surface area contributed by atoms with Crippen molar-refractivity contribution in [1.82, 2.24) is 24.9 Å². The molecule has 0 bridgehead atoms. The summed E-state index contributed by atoms with van der Waals surface area (Å²) in [4.78, 5) is 30.2. The van der Waals surface area contributed by atoms with E-state index in [4.69, 9.17) is 4.74 Å². The molecular formula is C16H16FN5O5S. The molecule has 1 fully saturated rings. The van der Waals surface area contributed by atoms with E-state index in [0.29, 0.717) is 0 Å². The molecule has 1 saturated heterocycles. The molecule has 10 nitrogen and oxygen atoms in total. The van der Waals surface area contributed by atoms with Crippen LogP contribution in [0, 0.1) is 5.82 Å². The summed E-state index contributed by atoms with van der Waals surface area (Å²) in [6.45, 7) is 1.53. The summed E-state index contributed by atoms with van der Waals surface area (Å²) >= 11 is 0. The van der Waals surface area contributed by atoms with Crippen molar-refractivity contribution >= 4 is 22.0 Å². The Kier molecular flexibility index (Phi) is 5.51. The highest BCUT2D eigenvalue weighted by Crippen LogP contribution is 2.22. The topological polar surface area (TPSA) is 131 Å². The van der Waals surface area contributed by atoms with Gasteiger partial charge in [-0.25, -0.2) is 27.6 Å². The monoisotopic (exact) mass is 409 g/mol. The lowest BCUT2D eigenvalue weighted by Gasteiger charge is -2.22. The number of hydrogen-bond donors (Lipinski definition) is 2. The van der Waals surface area contributed by atoms with Gasteiger partial charge in [0.15, 0.2) is 5.82 Å². The van der Waals surface area contributed by atoms with Crippen LogP contribution in [0.15, 0.2) is 41.6 Å². The van der Waals surface area contributed by atoms with Crippen molar-refractivity contribution < 1.29 is 27.1 Å². The van der Waals surface area contributed by atoms with Gasteiger partial charge < -0.3 is 10.1 Å². The number of carbonyl (C=O) groups excluding carboxylic acids is 2. The molecule has 1 aliphatic heterocycles. The molecule has 1 aromatic heterocycles. The lowest BCUT2D eigenvalue weighted by Crippen LogP contribution is -2.44. The van der Waals surface area contributed by atoms with Gasteiger partial charge in [0, 0.05) is 13.1 Å². The molecule has 1 aromatic carbocycles. The Balaban J connectivity index is 1.74. The molecule has 2 aromatic rings. The van der Waals surface area contributed by atoms with Gasteiger partial charge >= 0.3 is 12.0 Å². The molecule has 1 aliphatic rings. The van der Waals surface area contributed by atoms with Gasteiger partial charge in [0.2, 0.25) is 10.0 Å². The molecular weight excluding hydrogens is 393 g/mol. The zero-order chi connectivity index (χ0) is 20.3. The van der Waals surface area contributed by atoms with E-state index in [2.05, 4.69) is 20.6 Å². The Hall–Kier alpha value is -3.12. The van der Waals surface area contributed by atoms with Crippen LogP contribution in [0.2, 0.25) is 0 Å². The van der Waals surface area contributed by atoms with Crippen LogP contribution in [0.25, 0.3) is 0 Å². The van der Waals surface area contributed by atoms with E-state index >= 15 is 0 Å². The first-order chi connectivity index (χ1) is 13.3. The zero-order valence-electron chi connectivity index (χ0n) is 14.6. The molecule has 0 spiro atoms. The molecule has 12 heteroatoms. The number of benzene rings is 1. The Morgan fingerprint density at radius 3 is 2.36 bits per heavy atom. The van der Waals surface area contributed by atoms with Crippen LogP contribution in [0.4, 0.5) is 9.18 Å². The van der Waals surface area contributed by atoms with E-state index in [1.165, 1.54) is 24.3 Å². The van der Waals surface area contributed by atoms with Gasteiger partial charge in [0.25, 0.3) is 5.91 Å². The third kappa shape index (κ3) is 4.23. The summed E-state index contributed by atoms with van der Waals surface area (Å²) < 4.78 is 44.9. The van der Waals surface area contributed by atoms with Gasteiger partial charge in [0.05, 0.1) is 17.3 Å². The van der Waals surface area contributed by atoms with E-state index in [0.717, 1.165) is 16.7 Å². The van der Waals surface area contributed by atoms with Crippen molar-refractivity contribution in [2.45, 2.75) is 17.9 Å². The average molecular weight is 409 g/mol. The summed E-state index contributed by atoms with van der Waals surface area (Å²) in [5.74, 6) is -0.932. The standard InChI is InChI=1S/C16H16FN5O5S/c1-2-22(9-13-14(23)21-15(24)20-13)28(25,26)12-5-3-11(4-6-12)27-16-18-7-10(17)8-19-16/h3-8,13H,2,9H2,1H3,(H2,20,21,23,24). The molecule has 0 radical (unpaired) electrons. The van der Waals surface area contributed by atoms with Gasteiger partial charge in [-0.15, -0.1) is 0 Å². The van der Waals surface area contributed by atoms with Crippen molar-refractivity contribution in [3.05, 3.63) is 42.5 Å². The number of sulfonamides is 1. The van der Waals surface area contributed by atoms with Crippen molar-refractivity contribution in [2.24, 2.45) is 0 Å². The molecule has 28 heavy (non-hydrogen) atoms. The number of aromatic nitrogens is 2. The minimum absolute atomic E-state index is 0.0218. The summed E-state index contributed by atoms with van der Waals surface area (Å²) in [7, 11) is -3.91. The molecule has 2 heterocycles. The molecule has 2 N–H and O–H groups in total. The van der Waals surface area contributed by atoms with Crippen LogP contribution in [-0.4, -0.2) is 53.8 Å². The first-order valence-corrected chi connectivity index (χ1v) is 9.60. The first-order valence-electron chi connectivity index (χ1n) is 8.16. The Labute approximate surface area is 159 Å². The number of carbonyl (C=O) groups is 2. The minimum atomic E-state index is -3.91. The Bertz CT molecular complexity index is 981. The quantitative estimate of drug-likeness (QED) is 0.641. The normalized spacial score (nSPS) is 16.8. The van der Waals surface area contributed by atoms with Crippen LogP contribution < -0.4 is 15.4 Å². The number of imide groups is 1. The fourth-order valence-electron chi connectivity index (χ4n) is 2.48. The van der Waals surface area contributed by atoms with Crippen LogP contribution in [0.3, 0.4) is 0 Å². The second-order valence-corrected chi connectivity index (χ2v) is 7.67. The van der Waals surface area contributed by atoms with Crippen LogP contribution in [0.5, 0.6) is 11.8 Å². The van der Waals surface area contributed by atoms with Gasteiger partial charge in [-0.2, -0.15) is 4.31 Å². The summed E-state index contributed by atoms with van der Waals surface area (Å²) in [5, 5.41) is 4.43. The van der Waals surface area contributed by atoms with Gasteiger partial charge in [-0.3, -0.25) is 10.1 Å². The summed E-state index contributed by atoms with van der Waals surface area (Å²) in [6, 6.07) is 3.74. The predicted octanol–water partition coefficient (Wildman–Crippen LogP) is 0.627. The smallest absolute Gasteiger partial charge is 0.322 e.